The van der Waals surface area contributed by atoms with Crippen molar-refractivity contribution < 1.29 is 23.7 Å². The maximum atomic E-state index is 12.1. The van der Waals surface area contributed by atoms with Crippen molar-refractivity contribution >= 4 is 12.1 Å². The predicted molar refractivity (Wildman–Crippen MR) is 131 cm³/mol. The van der Waals surface area contributed by atoms with E-state index >= 15 is 0 Å². The quantitative estimate of drug-likeness (QED) is 0.404. The zero-order valence-electron chi connectivity index (χ0n) is 20.9. The molecule has 2 aromatic carbocycles. The first-order valence-corrected chi connectivity index (χ1v) is 10.8. The Kier molecular flexibility index (Phi) is 8.74. The van der Waals surface area contributed by atoms with Crippen molar-refractivity contribution in [3.63, 3.8) is 0 Å². The second kappa shape index (κ2) is 11.1. The van der Waals surface area contributed by atoms with Crippen molar-refractivity contribution in [1.29, 1.82) is 0 Å². The van der Waals surface area contributed by atoms with Crippen LogP contribution in [0, 0.1) is 5.41 Å². The van der Waals surface area contributed by atoms with E-state index in [1.165, 1.54) is 33.1 Å². The zero-order valence-corrected chi connectivity index (χ0v) is 20.9. The van der Waals surface area contributed by atoms with Gasteiger partial charge in [0.25, 0.3) is 5.91 Å². The summed E-state index contributed by atoms with van der Waals surface area (Å²) in [5, 5.41) is 3.98. The standard InChI is InChI=1S/C26H36N2O5/c1-25(2,3)17-26(4,5)19-9-11-20(12-10-19)33-16-23(29)28-27-15-18-13-21(30-6)24(32-8)22(14-18)31-7/h9-15H,16-17H2,1-8H3,(H,28,29)/b27-15-. The minimum absolute atomic E-state index is 0.0513. The lowest BCUT2D eigenvalue weighted by atomic mass is 9.72. The maximum Gasteiger partial charge on any atom is 0.277 e. The van der Waals surface area contributed by atoms with Gasteiger partial charge in [-0.2, -0.15) is 5.10 Å². The number of hydrazone groups is 1. The third-order valence-electron chi connectivity index (χ3n) is 5.07. The first-order chi connectivity index (χ1) is 15.5. The lowest BCUT2D eigenvalue weighted by Gasteiger charge is -2.33. The van der Waals surface area contributed by atoms with Gasteiger partial charge in [-0.25, -0.2) is 5.43 Å². The van der Waals surface area contributed by atoms with E-state index in [2.05, 4.69) is 57.3 Å². The summed E-state index contributed by atoms with van der Waals surface area (Å²) >= 11 is 0. The van der Waals surface area contributed by atoms with E-state index in [0.29, 0.717) is 28.6 Å². The fraction of sp³-hybridized carbons (Fsp3) is 0.462. The van der Waals surface area contributed by atoms with Crippen molar-refractivity contribution in [3.05, 3.63) is 47.5 Å². The average Bonchev–Trinajstić information content (AvgIpc) is 2.75. The minimum Gasteiger partial charge on any atom is -0.493 e. The third-order valence-corrected chi connectivity index (χ3v) is 5.07. The highest BCUT2D eigenvalue weighted by Crippen LogP contribution is 2.38. The van der Waals surface area contributed by atoms with Crippen molar-refractivity contribution in [2.24, 2.45) is 10.5 Å². The summed E-state index contributed by atoms with van der Waals surface area (Å²) in [7, 11) is 4.61. The number of benzene rings is 2. The molecule has 33 heavy (non-hydrogen) atoms. The monoisotopic (exact) mass is 456 g/mol. The number of nitrogens with one attached hydrogen (secondary N) is 1. The zero-order chi connectivity index (χ0) is 24.6. The fourth-order valence-corrected chi connectivity index (χ4v) is 3.97. The highest BCUT2D eigenvalue weighted by atomic mass is 16.5. The molecule has 7 heteroatoms. The van der Waals surface area contributed by atoms with Crippen LogP contribution in [0.1, 0.15) is 52.2 Å². The number of methoxy groups -OCH3 is 3. The Morgan fingerprint density at radius 3 is 2.00 bits per heavy atom. The van der Waals surface area contributed by atoms with E-state index in [0.717, 1.165) is 6.42 Å². The molecule has 0 fully saturated rings. The van der Waals surface area contributed by atoms with Gasteiger partial charge in [0.05, 0.1) is 27.5 Å². The van der Waals surface area contributed by atoms with Crippen LogP contribution in [0.4, 0.5) is 0 Å². The van der Waals surface area contributed by atoms with Crippen LogP contribution in [-0.4, -0.2) is 40.1 Å². The molecule has 1 amide bonds. The van der Waals surface area contributed by atoms with Gasteiger partial charge >= 0.3 is 0 Å². The Labute approximate surface area is 197 Å². The van der Waals surface area contributed by atoms with Crippen LogP contribution in [0.15, 0.2) is 41.5 Å². The van der Waals surface area contributed by atoms with Gasteiger partial charge in [-0.05, 0) is 47.1 Å². The summed E-state index contributed by atoms with van der Waals surface area (Å²) in [6.07, 6.45) is 2.56. The Hall–Kier alpha value is -3.22. The molecule has 0 aliphatic carbocycles. The van der Waals surface area contributed by atoms with E-state index in [1.54, 1.807) is 12.1 Å². The van der Waals surface area contributed by atoms with Gasteiger partial charge in [-0.3, -0.25) is 4.79 Å². The van der Waals surface area contributed by atoms with E-state index < -0.39 is 0 Å². The summed E-state index contributed by atoms with van der Waals surface area (Å²) in [6.45, 7) is 11.1. The van der Waals surface area contributed by atoms with Gasteiger partial charge in [0.2, 0.25) is 5.75 Å². The van der Waals surface area contributed by atoms with Crippen molar-refractivity contribution in [2.45, 2.75) is 46.5 Å². The van der Waals surface area contributed by atoms with Gasteiger partial charge in [-0.15, -0.1) is 0 Å². The summed E-state index contributed by atoms with van der Waals surface area (Å²) < 4.78 is 21.5. The molecule has 1 N–H and O–H groups in total. The number of nitrogens with zero attached hydrogens (tertiary/aromatic N) is 1. The van der Waals surface area contributed by atoms with Crippen LogP contribution >= 0.6 is 0 Å². The molecular formula is C26H36N2O5. The maximum absolute atomic E-state index is 12.1. The van der Waals surface area contributed by atoms with Crippen molar-refractivity contribution in [2.75, 3.05) is 27.9 Å². The van der Waals surface area contributed by atoms with Gasteiger partial charge in [0.1, 0.15) is 5.75 Å². The second-order valence-electron chi connectivity index (χ2n) is 9.69. The molecule has 2 aromatic rings. The number of hydrogen-bond donors (Lipinski definition) is 1. The first kappa shape index (κ1) is 26.0. The number of amides is 1. The molecule has 2 rings (SSSR count). The second-order valence-corrected chi connectivity index (χ2v) is 9.69. The number of rotatable bonds is 10. The van der Waals surface area contributed by atoms with Gasteiger partial charge < -0.3 is 18.9 Å². The molecule has 0 unspecified atom stereocenters. The number of carbonyl (C=O) groups is 1. The Balaban J connectivity index is 1.93. The molecule has 0 bridgehead atoms. The predicted octanol–water partition coefficient (Wildman–Crippen LogP) is 4.96. The molecular weight excluding hydrogens is 420 g/mol. The van der Waals surface area contributed by atoms with Crippen LogP contribution in [0.3, 0.4) is 0 Å². The van der Waals surface area contributed by atoms with Crippen LogP contribution < -0.4 is 24.4 Å². The molecule has 0 saturated heterocycles. The molecule has 180 valence electrons. The summed E-state index contributed by atoms with van der Waals surface area (Å²) in [5.74, 6) is 1.76. The van der Waals surface area contributed by atoms with Crippen molar-refractivity contribution in [1.82, 2.24) is 5.43 Å². The summed E-state index contributed by atoms with van der Waals surface area (Å²) in [6, 6.07) is 11.4. The van der Waals surface area contributed by atoms with Crippen LogP contribution in [0.5, 0.6) is 23.0 Å². The van der Waals surface area contributed by atoms with Crippen LogP contribution in [0.25, 0.3) is 0 Å². The molecule has 0 saturated carbocycles. The molecule has 0 aliphatic heterocycles. The average molecular weight is 457 g/mol. The largest absolute Gasteiger partial charge is 0.493 e. The molecule has 0 aliphatic rings. The highest BCUT2D eigenvalue weighted by molar-refractivity contribution is 5.84. The van der Waals surface area contributed by atoms with Gasteiger partial charge in [0.15, 0.2) is 18.1 Å². The SMILES string of the molecule is COc1cc(/C=N\NC(=O)COc2ccc(C(C)(C)CC(C)(C)C)cc2)cc(OC)c1OC. The topological polar surface area (TPSA) is 78.4 Å². The third kappa shape index (κ3) is 7.70. The molecule has 0 aromatic heterocycles. The van der Waals surface area contributed by atoms with Crippen LogP contribution in [0.2, 0.25) is 0 Å². The normalized spacial score (nSPS) is 11.9. The van der Waals surface area contributed by atoms with Gasteiger partial charge in [0, 0.05) is 5.56 Å². The molecule has 0 atom stereocenters. The molecule has 7 nitrogen and oxygen atoms in total. The van der Waals surface area contributed by atoms with E-state index in [9.17, 15) is 4.79 Å². The fourth-order valence-electron chi connectivity index (χ4n) is 3.97. The van der Waals surface area contributed by atoms with Gasteiger partial charge in [-0.1, -0.05) is 46.8 Å². The number of hydrogen-bond acceptors (Lipinski definition) is 6. The smallest absolute Gasteiger partial charge is 0.277 e. The van der Waals surface area contributed by atoms with Crippen LogP contribution in [-0.2, 0) is 10.2 Å². The Morgan fingerprint density at radius 1 is 0.939 bits per heavy atom. The lowest BCUT2D eigenvalue weighted by molar-refractivity contribution is -0.123. The summed E-state index contributed by atoms with van der Waals surface area (Å²) in [4.78, 5) is 12.1. The number of carbonyl (C=O) groups excluding carboxylic acids is 1. The first-order valence-electron chi connectivity index (χ1n) is 10.8. The molecule has 0 heterocycles. The minimum atomic E-state index is -0.365. The van der Waals surface area contributed by atoms with E-state index in [-0.39, 0.29) is 23.3 Å². The molecule has 0 spiro atoms. The van der Waals surface area contributed by atoms with E-state index in [4.69, 9.17) is 18.9 Å². The Bertz CT molecular complexity index is 935. The Morgan fingerprint density at radius 2 is 1.52 bits per heavy atom. The van der Waals surface area contributed by atoms with E-state index in [1.807, 2.05) is 12.1 Å². The highest BCUT2D eigenvalue weighted by Gasteiger charge is 2.27. The number of ether oxygens (including phenoxy) is 4. The van der Waals surface area contributed by atoms with Crippen molar-refractivity contribution in [3.8, 4) is 23.0 Å². The summed E-state index contributed by atoms with van der Waals surface area (Å²) in [5.41, 5.74) is 4.67. The lowest BCUT2D eigenvalue weighted by Crippen LogP contribution is -2.25. The molecule has 0 radical (unpaired) electrons.